The van der Waals surface area contributed by atoms with E-state index in [2.05, 4.69) is 29.0 Å². The molecule has 2 aromatic heterocycles. The molecule has 0 saturated carbocycles. The monoisotopic (exact) mass is 262 g/mol. The maximum atomic E-state index is 5.22. The molecule has 0 N–H and O–H groups in total. The zero-order valence-electron chi connectivity index (χ0n) is 11.4. The van der Waals surface area contributed by atoms with Gasteiger partial charge in [-0.3, -0.25) is 4.40 Å². The number of methoxy groups -OCH3 is 1. The minimum absolute atomic E-state index is 0.806. The molecule has 3 heteroatoms. The third-order valence-corrected chi connectivity index (χ3v) is 3.15. The Kier molecular flexibility index (Phi) is 3.14. The normalized spacial score (nSPS) is 10.1. The molecule has 0 spiro atoms. The number of pyridine rings is 1. The second kappa shape index (κ2) is 5.10. The Morgan fingerprint density at radius 3 is 2.90 bits per heavy atom. The Labute approximate surface area is 117 Å². The third-order valence-electron chi connectivity index (χ3n) is 3.15. The molecule has 2 heterocycles. The molecule has 0 amide bonds. The van der Waals surface area contributed by atoms with E-state index in [0.717, 1.165) is 28.2 Å². The van der Waals surface area contributed by atoms with Crippen LogP contribution in [-0.4, -0.2) is 16.5 Å². The first-order chi connectivity index (χ1) is 9.81. The van der Waals surface area contributed by atoms with E-state index in [1.165, 1.54) is 0 Å². The number of nitrogens with zero attached hydrogens (tertiary/aromatic N) is 2. The van der Waals surface area contributed by atoms with Crippen molar-refractivity contribution < 1.29 is 4.74 Å². The lowest BCUT2D eigenvalue weighted by Crippen LogP contribution is -1.90. The van der Waals surface area contributed by atoms with Gasteiger partial charge in [-0.2, -0.15) is 0 Å². The van der Waals surface area contributed by atoms with Gasteiger partial charge in [-0.1, -0.05) is 18.1 Å². The van der Waals surface area contributed by atoms with Gasteiger partial charge in [0.2, 0.25) is 0 Å². The highest BCUT2D eigenvalue weighted by atomic mass is 16.5. The van der Waals surface area contributed by atoms with Gasteiger partial charge < -0.3 is 4.74 Å². The summed E-state index contributed by atoms with van der Waals surface area (Å²) >= 11 is 0. The minimum Gasteiger partial charge on any atom is -0.497 e. The van der Waals surface area contributed by atoms with Crippen LogP contribution >= 0.6 is 0 Å². The molecule has 0 aliphatic carbocycles. The summed E-state index contributed by atoms with van der Waals surface area (Å²) < 4.78 is 7.26. The number of rotatable bonds is 2. The van der Waals surface area contributed by atoms with Crippen LogP contribution in [0.2, 0.25) is 0 Å². The fourth-order valence-electron chi connectivity index (χ4n) is 2.20. The molecule has 20 heavy (non-hydrogen) atoms. The van der Waals surface area contributed by atoms with Crippen LogP contribution in [0.15, 0.2) is 48.8 Å². The van der Waals surface area contributed by atoms with Crippen molar-refractivity contribution in [3.63, 3.8) is 0 Å². The van der Waals surface area contributed by atoms with Gasteiger partial charge in [-0.25, -0.2) is 4.98 Å². The molecule has 3 nitrogen and oxygen atoms in total. The maximum absolute atomic E-state index is 5.22. The number of aromatic nitrogens is 2. The summed E-state index contributed by atoms with van der Waals surface area (Å²) in [5.74, 6) is 6.80. The SMILES string of the molecule is CC#Cc1cccc(-c2cnc3cc(OC)ccn23)c1. The molecule has 3 rings (SSSR count). The molecule has 0 aliphatic rings. The van der Waals surface area contributed by atoms with Crippen molar-refractivity contribution in [2.24, 2.45) is 0 Å². The van der Waals surface area contributed by atoms with E-state index in [-0.39, 0.29) is 0 Å². The zero-order valence-corrected chi connectivity index (χ0v) is 11.4. The largest absolute Gasteiger partial charge is 0.497 e. The second-order valence-corrected chi connectivity index (χ2v) is 4.39. The molecule has 0 radical (unpaired) electrons. The summed E-state index contributed by atoms with van der Waals surface area (Å²) in [4.78, 5) is 4.43. The van der Waals surface area contributed by atoms with Gasteiger partial charge in [0.1, 0.15) is 11.4 Å². The average molecular weight is 262 g/mol. The molecule has 3 aromatic rings. The fourth-order valence-corrected chi connectivity index (χ4v) is 2.20. The number of hydrogen-bond donors (Lipinski definition) is 0. The predicted octanol–water partition coefficient (Wildman–Crippen LogP) is 3.38. The highest BCUT2D eigenvalue weighted by Crippen LogP contribution is 2.23. The first-order valence-corrected chi connectivity index (χ1v) is 6.36. The van der Waals surface area contributed by atoms with E-state index < -0.39 is 0 Å². The molecular weight excluding hydrogens is 248 g/mol. The van der Waals surface area contributed by atoms with Gasteiger partial charge in [0.05, 0.1) is 19.0 Å². The van der Waals surface area contributed by atoms with Crippen molar-refractivity contribution in [3.8, 4) is 28.8 Å². The Bertz CT molecular complexity index is 822. The highest BCUT2D eigenvalue weighted by Gasteiger charge is 2.06. The van der Waals surface area contributed by atoms with Crippen molar-refractivity contribution in [2.45, 2.75) is 6.92 Å². The van der Waals surface area contributed by atoms with Crippen molar-refractivity contribution in [2.75, 3.05) is 7.11 Å². The van der Waals surface area contributed by atoms with E-state index in [1.54, 1.807) is 7.11 Å². The van der Waals surface area contributed by atoms with E-state index in [1.807, 2.05) is 48.0 Å². The Morgan fingerprint density at radius 2 is 2.10 bits per heavy atom. The molecule has 0 unspecified atom stereocenters. The van der Waals surface area contributed by atoms with E-state index in [0.29, 0.717) is 0 Å². The summed E-state index contributed by atoms with van der Waals surface area (Å²) in [5.41, 5.74) is 4.02. The van der Waals surface area contributed by atoms with Gasteiger partial charge in [-0.05, 0) is 25.1 Å². The summed E-state index contributed by atoms with van der Waals surface area (Å²) in [6.45, 7) is 1.84. The lowest BCUT2D eigenvalue weighted by molar-refractivity contribution is 0.414. The predicted molar refractivity (Wildman–Crippen MR) is 79.7 cm³/mol. The Hall–Kier alpha value is -2.73. The van der Waals surface area contributed by atoms with Crippen molar-refractivity contribution >= 4 is 5.65 Å². The molecule has 1 aromatic carbocycles. The lowest BCUT2D eigenvalue weighted by atomic mass is 10.1. The van der Waals surface area contributed by atoms with Crippen LogP contribution in [0.5, 0.6) is 5.75 Å². The summed E-state index contributed by atoms with van der Waals surface area (Å²) in [5, 5.41) is 0. The van der Waals surface area contributed by atoms with Crippen LogP contribution in [0.1, 0.15) is 12.5 Å². The van der Waals surface area contributed by atoms with Crippen molar-refractivity contribution in [1.82, 2.24) is 9.38 Å². The van der Waals surface area contributed by atoms with Gasteiger partial charge in [0, 0.05) is 23.4 Å². The second-order valence-electron chi connectivity index (χ2n) is 4.39. The standard InChI is InChI=1S/C17H14N2O/c1-3-5-13-6-4-7-14(10-13)16-12-18-17-11-15(20-2)8-9-19(16)17/h4,6-12H,1-2H3. The van der Waals surface area contributed by atoms with Gasteiger partial charge in [0.15, 0.2) is 0 Å². The van der Waals surface area contributed by atoms with E-state index in [4.69, 9.17) is 4.74 Å². The quantitative estimate of drug-likeness (QED) is 0.662. The van der Waals surface area contributed by atoms with Crippen molar-refractivity contribution in [3.05, 3.63) is 54.4 Å². The molecule has 0 saturated heterocycles. The van der Waals surface area contributed by atoms with Gasteiger partial charge >= 0.3 is 0 Å². The summed E-state index contributed by atoms with van der Waals surface area (Å²) in [7, 11) is 1.66. The molecule has 98 valence electrons. The zero-order chi connectivity index (χ0) is 13.9. The van der Waals surface area contributed by atoms with Crippen LogP contribution in [0.3, 0.4) is 0 Å². The number of hydrogen-bond acceptors (Lipinski definition) is 2. The topological polar surface area (TPSA) is 26.5 Å². The van der Waals surface area contributed by atoms with Gasteiger partial charge in [-0.15, -0.1) is 5.92 Å². The summed E-state index contributed by atoms with van der Waals surface area (Å²) in [6.07, 6.45) is 3.84. The highest BCUT2D eigenvalue weighted by molar-refractivity contribution is 5.66. The Morgan fingerprint density at radius 1 is 1.20 bits per heavy atom. The molecule has 0 atom stereocenters. The Balaban J connectivity index is 2.14. The van der Waals surface area contributed by atoms with Crippen LogP contribution in [-0.2, 0) is 0 Å². The average Bonchev–Trinajstić information content (AvgIpc) is 2.90. The minimum atomic E-state index is 0.806. The van der Waals surface area contributed by atoms with E-state index in [9.17, 15) is 0 Å². The maximum Gasteiger partial charge on any atom is 0.140 e. The summed E-state index contributed by atoms with van der Waals surface area (Å²) in [6, 6.07) is 12.0. The van der Waals surface area contributed by atoms with Gasteiger partial charge in [0.25, 0.3) is 0 Å². The van der Waals surface area contributed by atoms with Crippen LogP contribution in [0.4, 0.5) is 0 Å². The number of imidazole rings is 1. The molecular formula is C17H14N2O. The molecule has 0 aliphatic heterocycles. The number of fused-ring (bicyclic) bond motifs is 1. The first kappa shape index (κ1) is 12.3. The first-order valence-electron chi connectivity index (χ1n) is 6.36. The van der Waals surface area contributed by atoms with E-state index >= 15 is 0 Å². The molecule has 0 bridgehead atoms. The number of ether oxygens (including phenoxy) is 1. The smallest absolute Gasteiger partial charge is 0.140 e. The lowest BCUT2D eigenvalue weighted by Gasteiger charge is -2.04. The fraction of sp³-hybridized carbons (Fsp3) is 0.118. The van der Waals surface area contributed by atoms with Crippen LogP contribution < -0.4 is 4.74 Å². The molecule has 0 fully saturated rings. The number of benzene rings is 1. The van der Waals surface area contributed by atoms with Crippen molar-refractivity contribution in [1.29, 1.82) is 0 Å². The van der Waals surface area contributed by atoms with Crippen LogP contribution in [0.25, 0.3) is 16.9 Å². The third kappa shape index (κ3) is 2.12. The van der Waals surface area contributed by atoms with Crippen LogP contribution in [0, 0.1) is 11.8 Å².